The Balaban J connectivity index is 1.50. The molecule has 4 rings (SSSR count). The van der Waals surface area contributed by atoms with Crippen molar-refractivity contribution in [3.05, 3.63) is 69.2 Å². The van der Waals surface area contributed by atoms with Gasteiger partial charge in [0.15, 0.2) is 0 Å². The van der Waals surface area contributed by atoms with Crippen LogP contribution in [0.5, 0.6) is 0 Å². The number of aryl methyl sites for hydroxylation is 3. The lowest BCUT2D eigenvalue weighted by Crippen LogP contribution is -2.39. The molecule has 1 saturated heterocycles. The maximum atomic E-state index is 13.3. The molecule has 0 saturated carbocycles. The van der Waals surface area contributed by atoms with Crippen LogP contribution in [-0.4, -0.2) is 41.9 Å². The molecule has 1 aromatic heterocycles. The smallest absolute Gasteiger partial charge is 0.286 e. The summed E-state index contributed by atoms with van der Waals surface area (Å²) >= 11 is 1.23. The SMILES string of the molecule is Cc1ccc(S(=O)(=O)N2CCCC(c3nnc(C(=O)Nc4ccccc4C)s3)C2)c(C)c1. The van der Waals surface area contributed by atoms with Crippen molar-refractivity contribution in [2.45, 2.75) is 44.4 Å². The number of rotatable bonds is 5. The number of amides is 1. The van der Waals surface area contributed by atoms with Crippen LogP contribution in [0.25, 0.3) is 0 Å². The van der Waals surface area contributed by atoms with Gasteiger partial charge >= 0.3 is 0 Å². The van der Waals surface area contributed by atoms with Crippen LogP contribution in [-0.2, 0) is 10.0 Å². The molecule has 1 amide bonds. The van der Waals surface area contributed by atoms with Gasteiger partial charge < -0.3 is 5.32 Å². The highest BCUT2D eigenvalue weighted by atomic mass is 32.2. The van der Waals surface area contributed by atoms with Crippen molar-refractivity contribution in [2.24, 2.45) is 0 Å². The molecule has 3 aromatic rings. The molecular formula is C23H26N4O3S2. The molecule has 168 valence electrons. The molecule has 1 fully saturated rings. The fourth-order valence-corrected chi connectivity index (χ4v) is 6.56. The van der Waals surface area contributed by atoms with Crippen LogP contribution in [0.2, 0.25) is 0 Å². The van der Waals surface area contributed by atoms with Gasteiger partial charge in [-0.1, -0.05) is 47.2 Å². The van der Waals surface area contributed by atoms with Gasteiger partial charge in [-0.3, -0.25) is 4.79 Å². The van der Waals surface area contributed by atoms with Crippen molar-refractivity contribution in [3.8, 4) is 0 Å². The van der Waals surface area contributed by atoms with E-state index in [9.17, 15) is 13.2 Å². The highest BCUT2D eigenvalue weighted by Crippen LogP contribution is 2.33. The van der Waals surface area contributed by atoms with E-state index in [2.05, 4.69) is 15.5 Å². The highest BCUT2D eigenvalue weighted by molar-refractivity contribution is 7.89. The van der Waals surface area contributed by atoms with E-state index in [0.29, 0.717) is 23.0 Å². The molecule has 1 atom stereocenters. The minimum atomic E-state index is -3.59. The van der Waals surface area contributed by atoms with Crippen molar-refractivity contribution in [3.63, 3.8) is 0 Å². The van der Waals surface area contributed by atoms with E-state index in [-0.39, 0.29) is 16.8 Å². The zero-order valence-electron chi connectivity index (χ0n) is 18.3. The fourth-order valence-electron chi connectivity index (χ4n) is 3.97. The van der Waals surface area contributed by atoms with Gasteiger partial charge in [0, 0.05) is 24.7 Å². The second-order valence-corrected chi connectivity index (χ2v) is 11.1. The van der Waals surface area contributed by atoms with E-state index >= 15 is 0 Å². The summed E-state index contributed by atoms with van der Waals surface area (Å²) in [7, 11) is -3.59. The van der Waals surface area contributed by atoms with Gasteiger partial charge in [0.05, 0.1) is 4.90 Å². The summed E-state index contributed by atoms with van der Waals surface area (Å²) in [5.41, 5.74) is 3.48. The zero-order valence-corrected chi connectivity index (χ0v) is 20.0. The number of anilines is 1. The Morgan fingerprint density at radius 2 is 1.88 bits per heavy atom. The lowest BCUT2D eigenvalue weighted by molar-refractivity contribution is 0.102. The van der Waals surface area contributed by atoms with Gasteiger partial charge in [0.2, 0.25) is 15.0 Å². The number of piperidine rings is 1. The monoisotopic (exact) mass is 470 g/mol. The van der Waals surface area contributed by atoms with E-state index < -0.39 is 10.0 Å². The third kappa shape index (κ3) is 4.60. The molecule has 9 heteroatoms. The van der Waals surface area contributed by atoms with E-state index in [1.807, 2.05) is 57.2 Å². The number of hydrogen-bond donors (Lipinski definition) is 1. The van der Waals surface area contributed by atoms with Gasteiger partial charge in [-0.2, -0.15) is 4.31 Å². The van der Waals surface area contributed by atoms with Crippen LogP contribution in [0.4, 0.5) is 5.69 Å². The molecule has 1 N–H and O–H groups in total. The predicted molar refractivity (Wildman–Crippen MR) is 126 cm³/mol. The zero-order chi connectivity index (χ0) is 22.9. The van der Waals surface area contributed by atoms with Gasteiger partial charge in [-0.15, -0.1) is 10.2 Å². The third-order valence-electron chi connectivity index (χ3n) is 5.71. The summed E-state index contributed by atoms with van der Waals surface area (Å²) in [6.45, 7) is 6.51. The first kappa shape index (κ1) is 22.6. The normalized spacial score (nSPS) is 17.3. The van der Waals surface area contributed by atoms with Gasteiger partial charge in [-0.05, 0) is 56.9 Å². The average molecular weight is 471 g/mol. The lowest BCUT2D eigenvalue weighted by atomic mass is 10.0. The van der Waals surface area contributed by atoms with Crippen molar-refractivity contribution in [1.82, 2.24) is 14.5 Å². The summed E-state index contributed by atoms with van der Waals surface area (Å²) in [5.74, 6) is -0.389. The average Bonchev–Trinajstić information content (AvgIpc) is 3.26. The molecule has 7 nitrogen and oxygen atoms in total. The van der Waals surface area contributed by atoms with E-state index in [4.69, 9.17) is 0 Å². The first-order valence-electron chi connectivity index (χ1n) is 10.5. The minimum absolute atomic E-state index is 0.0817. The Labute approximate surface area is 192 Å². The molecule has 0 aliphatic carbocycles. The number of para-hydroxylation sites is 1. The van der Waals surface area contributed by atoms with Crippen LogP contribution in [0.3, 0.4) is 0 Å². The summed E-state index contributed by atoms with van der Waals surface area (Å²) in [6.07, 6.45) is 1.55. The Bertz CT molecular complexity index is 1250. The van der Waals surface area contributed by atoms with Crippen LogP contribution in [0.1, 0.15) is 50.3 Å². The van der Waals surface area contributed by atoms with Crippen molar-refractivity contribution < 1.29 is 13.2 Å². The highest BCUT2D eigenvalue weighted by Gasteiger charge is 2.33. The van der Waals surface area contributed by atoms with Gasteiger partial charge in [-0.25, -0.2) is 8.42 Å². The number of hydrogen-bond acceptors (Lipinski definition) is 6. The standard InChI is InChI=1S/C23H26N4O3S2/c1-15-10-11-20(17(3)13-15)32(29,30)27-12-6-8-18(14-27)22-25-26-23(31-22)21(28)24-19-9-5-4-7-16(19)2/h4-5,7,9-11,13,18H,6,8,12,14H2,1-3H3,(H,24,28). The fraction of sp³-hybridized carbons (Fsp3) is 0.348. The molecule has 2 aromatic carbocycles. The van der Waals surface area contributed by atoms with E-state index in [1.54, 1.807) is 6.07 Å². The molecule has 1 unspecified atom stereocenters. The minimum Gasteiger partial charge on any atom is -0.320 e. The molecule has 32 heavy (non-hydrogen) atoms. The maximum absolute atomic E-state index is 13.3. The molecular weight excluding hydrogens is 444 g/mol. The predicted octanol–water partition coefficient (Wildman–Crippen LogP) is 4.28. The Morgan fingerprint density at radius 3 is 2.62 bits per heavy atom. The quantitative estimate of drug-likeness (QED) is 0.601. The van der Waals surface area contributed by atoms with Crippen LogP contribution < -0.4 is 5.32 Å². The second kappa shape index (κ2) is 9.09. The van der Waals surface area contributed by atoms with Crippen molar-refractivity contribution in [1.29, 1.82) is 0 Å². The molecule has 2 heterocycles. The summed E-state index contributed by atoms with van der Waals surface area (Å²) < 4.78 is 28.1. The van der Waals surface area contributed by atoms with E-state index in [0.717, 1.165) is 35.2 Å². The van der Waals surface area contributed by atoms with Gasteiger partial charge in [0.1, 0.15) is 5.01 Å². The maximum Gasteiger partial charge on any atom is 0.286 e. The molecule has 0 radical (unpaired) electrons. The first-order chi connectivity index (χ1) is 15.3. The third-order valence-corrected chi connectivity index (χ3v) is 8.82. The molecule has 0 bridgehead atoms. The number of benzene rings is 2. The topological polar surface area (TPSA) is 92.3 Å². The number of nitrogens with zero attached hydrogens (tertiary/aromatic N) is 3. The largest absolute Gasteiger partial charge is 0.320 e. The Morgan fingerprint density at radius 1 is 1.09 bits per heavy atom. The van der Waals surface area contributed by atoms with E-state index in [1.165, 1.54) is 15.6 Å². The molecule has 1 aliphatic rings. The van der Waals surface area contributed by atoms with Crippen LogP contribution in [0, 0.1) is 20.8 Å². The first-order valence-corrected chi connectivity index (χ1v) is 12.8. The van der Waals surface area contributed by atoms with Crippen molar-refractivity contribution >= 4 is 33.0 Å². The Hall–Kier alpha value is -2.62. The number of aromatic nitrogens is 2. The lowest BCUT2D eigenvalue weighted by Gasteiger charge is -2.31. The van der Waals surface area contributed by atoms with Crippen LogP contribution >= 0.6 is 11.3 Å². The summed E-state index contributed by atoms with van der Waals surface area (Å²) in [4.78, 5) is 13.0. The Kier molecular flexibility index (Phi) is 6.41. The van der Waals surface area contributed by atoms with Crippen molar-refractivity contribution in [2.75, 3.05) is 18.4 Å². The second-order valence-electron chi connectivity index (χ2n) is 8.19. The molecule has 0 spiro atoms. The number of carbonyl (C=O) groups excluding carboxylic acids is 1. The summed E-state index contributed by atoms with van der Waals surface area (Å²) in [6, 6.07) is 12.9. The number of nitrogens with one attached hydrogen (secondary N) is 1. The number of carbonyl (C=O) groups is 1. The molecule has 1 aliphatic heterocycles. The van der Waals surface area contributed by atoms with Crippen LogP contribution in [0.15, 0.2) is 47.4 Å². The van der Waals surface area contributed by atoms with Gasteiger partial charge in [0.25, 0.3) is 5.91 Å². The number of sulfonamides is 1. The summed E-state index contributed by atoms with van der Waals surface area (Å²) in [5, 5.41) is 12.1.